The lowest BCUT2D eigenvalue weighted by Gasteiger charge is -2.32. The Labute approximate surface area is 240 Å². The van der Waals surface area contributed by atoms with Gasteiger partial charge in [-0.3, -0.25) is 19.9 Å². The molecule has 2 fully saturated rings. The summed E-state index contributed by atoms with van der Waals surface area (Å²) in [5, 5.41) is 11.4. The Morgan fingerprint density at radius 2 is 1.95 bits per heavy atom. The third-order valence-electron chi connectivity index (χ3n) is 8.31. The van der Waals surface area contributed by atoms with Crippen LogP contribution in [0.3, 0.4) is 0 Å². The fourth-order valence-corrected chi connectivity index (χ4v) is 6.37. The molecule has 1 aromatic carbocycles. The van der Waals surface area contributed by atoms with Crippen molar-refractivity contribution in [1.82, 2.24) is 19.7 Å². The van der Waals surface area contributed by atoms with Crippen LogP contribution in [0.4, 0.5) is 4.39 Å². The first-order valence-electron chi connectivity index (χ1n) is 14.7. The maximum Gasteiger partial charge on any atom is 0.328 e. The van der Waals surface area contributed by atoms with Gasteiger partial charge in [0.05, 0.1) is 19.2 Å². The van der Waals surface area contributed by atoms with Crippen molar-refractivity contribution in [1.29, 1.82) is 5.41 Å². The Morgan fingerprint density at radius 3 is 2.66 bits per heavy atom. The number of nitrogens with zero attached hydrogens (tertiary/aromatic N) is 3. The van der Waals surface area contributed by atoms with Gasteiger partial charge in [-0.15, -0.1) is 0 Å². The van der Waals surface area contributed by atoms with Gasteiger partial charge in [-0.2, -0.15) is 0 Å². The lowest BCUT2D eigenvalue weighted by atomic mass is 10.1. The zero-order chi connectivity index (χ0) is 29.5. The zero-order valence-corrected chi connectivity index (χ0v) is 24.2. The second kappa shape index (κ2) is 13.9. The third-order valence-corrected chi connectivity index (χ3v) is 8.31. The summed E-state index contributed by atoms with van der Waals surface area (Å²) in [5.74, 6) is -0.629. The number of hydrogen-bond acceptors (Lipinski definition) is 6. The van der Waals surface area contributed by atoms with Crippen molar-refractivity contribution in [2.75, 3.05) is 32.9 Å². The van der Waals surface area contributed by atoms with Crippen molar-refractivity contribution in [2.45, 2.75) is 83.5 Å². The quantitative estimate of drug-likeness (QED) is 0.193. The zero-order valence-electron chi connectivity index (χ0n) is 24.2. The first kappa shape index (κ1) is 30.5. The average Bonchev–Trinajstić information content (AvgIpc) is 3.68. The van der Waals surface area contributed by atoms with Crippen LogP contribution in [0.25, 0.3) is 10.9 Å². The third kappa shape index (κ3) is 7.25. The number of nitrogens with two attached hydrogens (primary N) is 1. The average molecular weight is 571 g/mol. The van der Waals surface area contributed by atoms with Gasteiger partial charge in [0.1, 0.15) is 18.6 Å². The Balaban J connectivity index is 1.41. The molecule has 2 aromatic rings. The summed E-state index contributed by atoms with van der Waals surface area (Å²) in [7, 11) is 0. The summed E-state index contributed by atoms with van der Waals surface area (Å²) in [6, 6.07) is 6.79. The number of amides is 2. The SMILES string of the molecule is CCOC(=O)[C@H](CCN1CCC[C@@H]1C(=O)N1CCC[C@H]1CCc1cc2ccc(C(=N)N)cc2n1CCF)NC(C)=O. The van der Waals surface area contributed by atoms with Crippen molar-refractivity contribution in [2.24, 2.45) is 5.73 Å². The molecule has 11 heteroatoms. The van der Waals surface area contributed by atoms with Gasteiger partial charge >= 0.3 is 5.97 Å². The van der Waals surface area contributed by atoms with Gasteiger partial charge in [0, 0.05) is 42.8 Å². The van der Waals surface area contributed by atoms with E-state index in [9.17, 15) is 18.8 Å². The molecule has 4 rings (SSSR count). The molecule has 0 unspecified atom stereocenters. The Hall–Kier alpha value is -3.47. The molecule has 3 heterocycles. The lowest BCUT2D eigenvalue weighted by Crippen LogP contribution is -2.49. The van der Waals surface area contributed by atoms with Crippen molar-refractivity contribution >= 4 is 34.5 Å². The molecular formula is C30H43FN6O4. The number of amidine groups is 1. The molecule has 0 spiro atoms. The standard InChI is InChI=1S/C30H43FN6O4/c1-3-41-30(40)25(34-20(2)38)12-16-35-14-5-7-26(35)29(39)37-15-4-6-23(37)10-11-24-18-21-8-9-22(28(32)33)19-27(21)36(24)17-13-31/h8-9,18-19,23,25-26H,3-7,10-17H2,1-2H3,(H3,32,33)(H,34,38)/t23-,25-,26+/m0/s1. The van der Waals surface area contributed by atoms with Gasteiger partial charge in [-0.05, 0) is 75.9 Å². The molecule has 3 atom stereocenters. The van der Waals surface area contributed by atoms with Crippen LogP contribution in [0.2, 0.25) is 0 Å². The monoisotopic (exact) mass is 570 g/mol. The first-order chi connectivity index (χ1) is 19.7. The molecule has 2 amide bonds. The number of aryl methyl sites for hydroxylation is 2. The summed E-state index contributed by atoms with van der Waals surface area (Å²) in [6.07, 6.45) is 5.45. The molecule has 4 N–H and O–H groups in total. The topological polar surface area (TPSA) is 134 Å². The Morgan fingerprint density at radius 1 is 1.17 bits per heavy atom. The van der Waals surface area contributed by atoms with Crippen LogP contribution in [0, 0.1) is 5.41 Å². The van der Waals surface area contributed by atoms with E-state index in [2.05, 4.69) is 16.3 Å². The minimum atomic E-state index is -0.731. The Kier molecular flexibility index (Phi) is 10.4. The second-order valence-electron chi connectivity index (χ2n) is 11.0. The fraction of sp³-hybridized carbons (Fsp3) is 0.600. The predicted molar refractivity (Wildman–Crippen MR) is 155 cm³/mol. The highest BCUT2D eigenvalue weighted by molar-refractivity contribution is 5.98. The molecule has 0 bridgehead atoms. The van der Waals surface area contributed by atoms with Crippen LogP contribution in [0.5, 0.6) is 0 Å². The minimum Gasteiger partial charge on any atom is -0.464 e. The molecule has 2 aliphatic rings. The number of carbonyl (C=O) groups excluding carboxylic acids is 3. The van der Waals surface area contributed by atoms with Crippen molar-refractivity contribution in [3.63, 3.8) is 0 Å². The molecule has 0 aliphatic carbocycles. The highest BCUT2D eigenvalue weighted by Gasteiger charge is 2.38. The number of hydrogen-bond donors (Lipinski definition) is 3. The van der Waals surface area contributed by atoms with Crippen molar-refractivity contribution in [3.8, 4) is 0 Å². The van der Waals surface area contributed by atoms with E-state index in [4.69, 9.17) is 15.9 Å². The van der Waals surface area contributed by atoms with E-state index in [1.54, 1.807) is 6.92 Å². The fourth-order valence-electron chi connectivity index (χ4n) is 6.37. The normalized spacial score (nSPS) is 19.9. The highest BCUT2D eigenvalue weighted by atomic mass is 19.1. The molecular weight excluding hydrogens is 527 g/mol. The number of esters is 1. The summed E-state index contributed by atoms with van der Waals surface area (Å²) >= 11 is 0. The smallest absolute Gasteiger partial charge is 0.328 e. The summed E-state index contributed by atoms with van der Waals surface area (Å²) < 4.78 is 20.6. The molecule has 0 radical (unpaired) electrons. The molecule has 0 saturated carbocycles. The second-order valence-corrected chi connectivity index (χ2v) is 11.0. The molecule has 2 aliphatic heterocycles. The molecule has 224 valence electrons. The van der Waals surface area contributed by atoms with E-state index >= 15 is 0 Å². The molecule has 2 saturated heterocycles. The van der Waals surface area contributed by atoms with Crippen molar-refractivity contribution in [3.05, 3.63) is 35.5 Å². The van der Waals surface area contributed by atoms with E-state index < -0.39 is 18.7 Å². The number of aromatic nitrogens is 1. The summed E-state index contributed by atoms with van der Waals surface area (Å²) in [6.45, 7) is 5.10. The number of rotatable bonds is 13. The van der Waals surface area contributed by atoms with E-state index in [0.717, 1.165) is 61.8 Å². The number of ether oxygens (including phenoxy) is 1. The van der Waals surface area contributed by atoms with Gasteiger partial charge in [-0.25, -0.2) is 9.18 Å². The van der Waals surface area contributed by atoms with Gasteiger partial charge in [-0.1, -0.05) is 12.1 Å². The van der Waals surface area contributed by atoms with Crippen LogP contribution in [0.15, 0.2) is 24.3 Å². The van der Waals surface area contributed by atoms with Crippen molar-refractivity contribution < 1.29 is 23.5 Å². The maximum absolute atomic E-state index is 13.8. The number of nitrogens with one attached hydrogen (secondary N) is 2. The summed E-state index contributed by atoms with van der Waals surface area (Å²) in [4.78, 5) is 41.9. The number of halogens is 1. The van der Waals surface area contributed by atoms with E-state index in [-0.39, 0.29) is 42.9 Å². The minimum absolute atomic E-state index is 0.0194. The number of fused-ring (bicyclic) bond motifs is 1. The van der Waals surface area contributed by atoms with Crippen LogP contribution < -0.4 is 11.1 Å². The number of benzene rings is 1. The van der Waals surface area contributed by atoms with E-state index in [0.29, 0.717) is 24.9 Å². The first-order valence-corrected chi connectivity index (χ1v) is 14.7. The molecule has 1 aromatic heterocycles. The van der Waals surface area contributed by atoms with Gasteiger partial charge in [0.2, 0.25) is 11.8 Å². The van der Waals surface area contributed by atoms with E-state index in [1.165, 1.54) is 6.92 Å². The lowest BCUT2D eigenvalue weighted by molar-refractivity contribution is -0.147. The van der Waals surface area contributed by atoms with Gasteiger partial charge in [0.25, 0.3) is 0 Å². The number of nitrogen functional groups attached to an aromatic ring is 1. The number of likely N-dealkylation sites (tertiary alicyclic amines) is 2. The summed E-state index contributed by atoms with van der Waals surface area (Å²) in [5.41, 5.74) is 8.18. The predicted octanol–water partition coefficient (Wildman–Crippen LogP) is 2.74. The maximum atomic E-state index is 13.8. The number of carbonyl (C=O) groups is 3. The van der Waals surface area contributed by atoms with Crippen LogP contribution in [-0.4, -0.2) is 89.0 Å². The molecule has 10 nitrogen and oxygen atoms in total. The van der Waals surface area contributed by atoms with Crippen LogP contribution >= 0.6 is 0 Å². The largest absolute Gasteiger partial charge is 0.464 e. The number of alkyl halides is 1. The van der Waals surface area contributed by atoms with E-state index in [1.807, 2.05) is 27.7 Å². The Bertz CT molecular complexity index is 1260. The molecule has 41 heavy (non-hydrogen) atoms. The van der Waals surface area contributed by atoms with Gasteiger partial charge in [0.15, 0.2) is 0 Å². The van der Waals surface area contributed by atoms with Crippen LogP contribution in [0.1, 0.15) is 63.6 Å². The highest BCUT2D eigenvalue weighted by Crippen LogP contribution is 2.29. The van der Waals surface area contributed by atoms with Crippen LogP contribution in [-0.2, 0) is 32.1 Å². The van der Waals surface area contributed by atoms with Gasteiger partial charge < -0.3 is 25.3 Å².